The second-order valence-corrected chi connectivity index (χ2v) is 7.67. The topological polar surface area (TPSA) is 0 Å². The van der Waals surface area contributed by atoms with Crippen molar-refractivity contribution in [1.29, 1.82) is 0 Å². The molecule has 0 bridgehead atoms. The molecule has 0 aromatic heterocycles. The molecule has 1 atom stereocenters. The average Bonchev–Trinajstić information content (AvgIpc) is 2.51. The van der Waals surface area contributed by atoms with Crippen molar-refractivity contribution < 1.29 is 13.2 Å². The molecule has 1 unspecified atom stereocenters. The number of hydrogen-bond acceptors (Lipinski definition) is 0. The van der Waals surface area contributed by atoms with Gasteiger partial charge < -0.3 is 0 Å². The van der Waals surface area contributed by atoms with Crippen LogP contribution in [0, 0.1) is 6.92 Å². The first kappa shape index (κ1) is 21.1. The van der Waals surface area contributed by atoms with Crippen LogP contribution in [0.3, 0.4) is 0 Å². The van der Waals surface area contributed by atoms with Gasteiger partial charge in [-0.2, -0.15) is 13.2 Å². The van der Waals surface area contributed by atoms with Crippen LogP contribution in [-0.2, 0) is 0 Å². The predicted molar refractivity (Wildman–Crippen MR) is 108 cm³/mol. The Morgan fingerprint density at radius 3 is 2.35 bits per heavy atom. The molecule has 0 fully saturated rings. The molecule has 0 radical (unpaired) electrons. The summed E-state index contributed by atoms with van der Waals surface area (Å²) in [6, 6.07) is 8.00. The summed E-state index contributed by atoms with van der Waals surface area (Å²) in [6.07, 6.45) is -1.88. The van der Waals surface area contributed by atoms with Crippen molar-refractivity contribution in [3.8, 4) is 0 Å². The zero-order valence-electron chi connectivity index (χ0n) is 14.1. The van der Waals surface area contributed by atoms with Crippen LogP contribution in [0.5, 0.6) is 0 Å². The second kappa shape index (κ2) is 8.20. The summed E-state index contributed by atoms with van der Waals surface area (Å²) in [5, 5.41) is 0.373. The van der Waals surface area contributed by atoms with Crippen LogP contribution in [0.1, 0.15) is 35.1 Å². The summed E-state index contributed by atoms with van der Waals surface area (Å²) in [4.78, 5) is 0. The summed E-state index contributed by atoms with van der Waals surface area (Å²) < 4.78 is 41.5. The largest absolute Gasteiger partial charge is 0.399 e. The van der Waals surface area contributed by atoms with Gasteiger partial charge in [-0.25, -0.2) is 0 Å². The Balaban J connectivity index is 2.42. The fourth-order valence-corrected chi connectivity index (χ4v) is 3.65. The molecule has 26 heavy (non-hydrogen) atoms. The number of benzene rings is 2. The second-order valence-electron chi connectivity index (χ2n) is 6.03. The van der Waals surface area contributed by atoms with E-state index >= 15 is 0 Å². The lowest BCUT2D eigenvalue weighted by Gasteiger charge is -2.19. The summed E-state index contributed by atoms with van der Waals surface area (Å²) in [5.74, 6) is -1.78. The fourth-order valence-electron chi connectivity index (χ4n) is 2.53. The Hall–Kier alpha value is -1.23. The molecule has 2 rings (SSSR count). The summed E-state index contributed by atoms with van der Waals surface area (Å²) in [7, 11) is 0. The SMILES string of the molecule is C=C(C)c1ccc(/C=C/C(c2cc(C)c(Cl)c(Cl)c2)C(F)(F)F)cc1Br. The van der Waals surface area contributed by atoms with Gasteiger partial charge in [0.2, 0.25) is 0 Å². The number of aryl methyl sites for hydroxylation is 1. The third-order valence-electron chi connectivity index (χ3n) is 3.88. The molecule has 0 saturated carbocycles. The maximum atomic E-state index is 13.6. The molecule has 0 heterocycles. The zero-order valence-corrected chi connectivity index (χ0v) is 17.2. The number of allylic oxidation sites excluding steroid dienone is 2. The van der Waals surface area contributed by atoms with Crippen molar-refractivity contribution in [2.24, 2.45) is 0 Å². The van der Waals surface area contributed by atoms with Crippen molar-refractivity contribution in [2.75, 3.05) is 0 Å². The van der Waals surface area contributed by atoms with E-state index in [4.69, 9.17) is 23.2 Å². The van der Waals surface area contributed by atoms with E-state index in [9.17, 15) is 13.2 Å². The molecule has 0 aliphatic carbocycles. The lowest BCUT2D eigenvalue weighted by atomic mass is 9.95. The third-order valence-corrected chi connectivity index (χ3v) is 5.43. The van der Waals surface area contributed by atoms with Gasteiger partial charge in [-0.05, 0) is 53.8 Å². The minimum atomic E-state index is -4.45. The normalized spacial score (nSPS) is 13.2. The van der Waals surface area contributed by atoms with E-state index < -0.39 is 12.1 Å². The Morgan fingerprint density at radius 1 is 1.19 bits per heavy atom. The fraction of sp³-hybridized carbons (Fsp3) is 0.200. The molecular formula is C20H16BrCl2F3. The highest BCUT2D eigenvalue weighted by Crippen LogP contribution is 2.39. The summed E-state index contributed by atoms with van der Waals surface area (Å²) in [5.41, 5.74) is 2.98. The van der Waals surface area contributed by atoms with Crippen LogP contribution in [-0.4, -0.2) is 6.18 Å². The molecule has 0 aliphatic heterocycles. The number of rotatable bonds is 4. The summed E-state index contributed by atoms with van der Waals surface area (Å²) >= 11 is 15.3. The van der Waals surface area contributed by atoms with E-state index in [2.05, 4.69) is 22.5 Å². The van der Waals surface area contributed by atoms with Crippen LogP contribution in [0.2, 0.25) is 10.0 Å². The zero-order chi connectivity index (χ0) is 19.6. The highest BCUT2D eigenvalue weighted by atomic mass is 79.9. The van der Waals surface area contributed by atoms with E-state index in [-0.39, 0.29) is 15.6 Å². The van der Waals surface area contributed by atoms with E-state index in [1.54, 1.807) is 19.1 Å². The van der Waals surface area contributed by atoms with Crippen molar-refractivity contribution >= 4 is 50.8 Å². The molecule has 0 saturated heterocycles. The molecule has 0 spiro atoms. The molecular weight excluding hydrogens is 448 g/mol. The minimum Gasteiger partial charge on any atom is -0.170 e. The van der Waals surface area contributed by atoms with Crippen LogP contribution in [0.15, 0.2) is 47.5 Å². The van der Waals surface area contributed by atoms with Gasteiger partial charge in [0.15, 0.2) is 0 Å². The monoisotopic (exact) mass is 462 g/mol. The molecule has 6 heteroatoms. The van der Waals surface area contributed by atoms with Gasteiger partial charge in [-0.15, -0.1) is 0 Å². The van der Waals surface area contributed by atoms with Gasteiger partial charge in [0.25, 0.3) is 0 Å². The van der Waals surface area contributed by atoms with Crippen molar-refractivity contribution in [3.63, 3.8) is 0 Å². The lowest BCUT2D eigenvalue weighted by molar-refractivity contribution is -0.139. The van der Waals surface area contributed by atoms with E-state index in [1.807, 2.05) is 13.0 Å². The van der Waals surface area contributed by atoms with E-state index in [0.717, 1.165) is 21.7 Å². The maximum absolute atomic E-state index is 13.6. The van der Waals surface area contributed by atoms with E-state index in [1.165, 1.54) is 18.2 Å². The van der Waals surface area contributed by atoms with Crippen LogP contribution >= 0.6 is 39.1 Å². The van der Waals surface area contributed by atoms with Gasteiger partial charge in [0.1, 0.15) is 0 Å². The standard InChI is InChI=1S/C20H16BrCl2F3/c1-11(2)15-6-4-13(9-17(15)21)5-7-16(20(24,25)26)14-8-12(3)19(23)18(22)10-14/h4-10,16H,1H2,2-3H3/b7-5+. The van der Waals surface area contributed by atoms with Gasteiger partial charge in [-0.1, -0.05) is 76.1 Å². The molecule has 138 valence electrons. The predicted octanol–water partition coefficient (Wildman–Crippen LogP) is 8.46. The van der Waals surface area contributed by atoms with E-state index in [0.29, 0.717) is 11.1 Å². The number of alkyl halides is 3. The number of halogens is 6. The average molecular weight is 464 g/mol. The molecule has 2 aromatic rings. The Labute approximate surface area is 169 Å². The third kappa shape index (κ3) is 4.93. The summed E-state index contributed by atoms with van der Waals surface area (Å²) in [6.45, 7) is 7.36. The van der Waals surface area contributed by atoms with Crippen molar-refractivity contribution in [3.05, 3.63) is 79.8 Å². The molecule has 0 aliphatic rings. The highest BCUT2D eigenvalue weighted by molar-refractivity contribution is 9.10. The van der Waals surface area contributed by atoms with Gasteiger partial charge in [0, 0.05) is 4.47 Å². The van der Waals surface area contributed by atoms with Gasteiger partial charge in [-0.3, -0.25) is 0 Å². The molecule has 0 amide bonds. The van der Waals surface area contributed by atoms with Crippen molar-refractivity contribution in [2.45, 2.75) is 25.9 Å². The Bertz CT molecular complexity index is 847. The first-order valence-electron chi connectivity index (χ1n) is 7.66. The first-order valence-corrected chi connectivity index (χ1v) is 9.21. The highest BCUT2D eigenvalue weighted by Gasteiger charge is 2.39. The van der Waals surface area contributed by atoms with Crippen LogP contribution in [0.4, 0.5) is 13.2 Å². The van der Waals surface area contributed by atoms with Gasteiger partial charge >= 0.3 is 6.18 Å². The molecule has 0 nitrogen and oxygen atoms in total. The van der Waals surface area contributed by atoms with Gasteiger partial charge in [0.05, 0.1) is 16.0 Å². The Morgan fingerprint density at radius 2 is 1.85 bits per heavy atom. The molecule has 0 N–H and O–H groups in total. The minimum absolute atomic E-state index is 0.0540. The van der Waals surface area contributed by atoms with Crippen molar-refractivity contribution in [1.82, 2.24) is 0 Å². The van der Waals surface area contributed by atoms with Crippen LogP contribution < -0.4 is 0 Å². The molecule has 2 aromatic carbocycles. The van der Waals surface area contributed by atoms with Crippen LogP contribution in [0.25, 0.3) is 11.6 Å². The smallest absolute Gasteiger partial charge is 0.170 e. The maximum Gasteiger partial charge on any atom is 0.399 e. The quantitative estimate of drug-likeness (QED) is 0.426. The Kier molecular flexibility index (Phi) is 6.65. The lowest BCUT2D eigenvalue weighted by Crippen LogP contribution is -2.19. The first-order chi connectivity index (χ1) is 12.0. The number of hydrogen-bond donors (Lipinski definition) is 0.